The fraction of sp³-hybridized carbons (Fsp3) is 0.389. The summed E-state index contributed by atoms with van der Waals surface area (Å²) < 4.78 is 8.63. The highest BCUT2D eigenvalue weighted by Gasteiger charge is 2.30. The molecule has 0 aliphatic carbocycles. The molecule has 9 heteroatoms. The van der Waals surface area contributed by atoms with Crippen LogP contribution in [0, 0.1) is 0 Å². The minimum absolute atomic E-state index is 0.0142. The van der Waals surface area contributed by atoms with Gasteiger partial charge in [0.25, 0.3) is 0 Å². The van der Waals surface area contributed by atoms with Gasteiger partial charge in [0.1, 0.15) is 11.9 Å². The lowest BCUT2D eigenvalue weighted by molar-refractivity contribution is -0.135. The number of hydrogen-bond donors (Lipinski definition) is 1. The van der Waals surface area contributed by atoms with Crippen molar-refractivity contribution in [3.63, 3.8) is 0 Å². The Bertz CT molecular complexity index is 1040. The Hall–Kier alpha value is -2.58. The van der Waals surface area contributed by atoms with Crippen LogP contribution < -0.4 is 11.1 Å². The van der Waals surface area contributed by atoms with E-state index in [9.17, 15) is 9.59 Å². The number of halogens is 1. The average Bonchev–Trinajstić information content (AvgIpc) is 3.21. The quantitative estimate of drug-likeness (QED) is 0.731. The van der Waals surface area contributed by atoms with Gasteiger partial charge >= 0.3 is 5.76 Å². The number of rotatable bonds is 4. The first-order valence-corrected chi connectivity index (χ1v) is 9.18. The van der Waals surface area contributed by atoms with Gasteiger partial charge in [0, 0.05) is 63.1 Å². The number of carbonyl (C=O) groups excluding carboxylic acids is 1. The van der Waals surface area contributed by atoms with Gasteiger partial charge in [0.2, 0.25) is 5.91 Å². The predicted octanol–water partition coefficient (Wildman–Crippen LogP) is 1.54. The van der Waals surface area contributed by atoms with E-state index in [1.165, 1.54) is 4.57 Å². The fourth-order valence-electron chi connectivity index (χ4n) is 3.53. The molecule has 1 fully saturated rings. The summed E-state index contributed by atoms with van der Waals surface area (Å²) in [5.74, 6) is 0.344. The van der Waals surface area contributed by atoms with Crippen LogP contribution >= 0.6 is 11.6 Å². The number of aryl methyl sites for hydroxylation is 2. The zero-order chi connectivity index (χ0) is 19.0. The molecule has 142 valence electrons. The van der Waals surface area contributed by atoms with Crippen molar-refractivity contribution in [3.8, 4) is 0 Å². The fourth-order valence-corrected chi connectivity index (χ4v) is 3.70. The van der Waals surface area contributed by atoms with Gasteiger partial charge in [0.15, 0.2) is 5.58 Å². The Morgan fingerprint density at radius 2 is 2.30 bits per heavy atom. The van der Waals surface area contributed by atoms with Crippen LogP contribution in [0.4, 0.5) is 0 Å². The predicted molar refractivity (Wildman–Crippen MR) is 101 cm³/mol. The lowest BCUT2D eigenvalue weighted by atomic mass is 10.1. The monoisotopic (exact) mass is 389 g/mol. The molecule has 1 aliphatic rings. The molecule has 8 nitrogen and oxygen atoms in total. The van der Waals surface area contributed by atoms with Crippen molar-refractivity contribution in [2.24, 2.45) is 7.05 Å². The highest BCUT2D eigenvalue weighted by atomic mass is 35.5. The van der Waals surface area contributed by atoms with Gasteiger partial charge < -0.3 is 19.2 Å². The van der Waals surface area contributed by atoms with E-state index < -0.39 is 5.76 Å². The molecule has 2 aromatic heterocycles. The first-order valence-electron chi connectivity index (χ1n) is 8.81. The highest BCUT2D eigenvalue weighted by molar-refractivity contribution is 6.31. The van der Waals surface area contributed by atoms with Gasteiger partial charge in [0.05, 0.1) is 5.52 Å². The van der Waals surface area contributed by atoms with Crippen molar-refractivity contribution in [2.75, 3.05) is 19.6 Å². The van der Waals surface area contributed by atoms with Crippen molar-refractivity contribution >= 4 is 28.6 Å². The number of benzene rings is 1. The van der Waals surface area contributed by atoms with Crippen molar-refractivity contribution in [3.05, 3.63) is 52.0 Å². The second-order valence-corrected chi connectivity index (χ2v) is 7.02. The number of aromatic nitrogens is 3. The van der Waals surface area contributed by atoms with Crippen LogP contribution in [-0.4, -0.2) is 44.6 Å². The van der Waals surface area contributed by atoms with E-state index >= 15 is 0 Å². The Morgan fingerprint density at radius 1 is 1.44 bits per heavy atom. The third kappa shape index (κ3) is 3.38. The molecule has 3 aromatic rings. The maximum atomic E-state index is 12.9. The zero-order valence-corrected chi connectivity index (χ0v) is 15.6. The molecular formula is C18H20ClN5O3. The smallest absolute Gasteiger partial charge is 0.408 e. The molecule has 0 radical (unpaired) electrons. The molecule has 1 N–H and O–H groups in total. The Labute approximate surface area is 160 Å². The molecule has 0 spiro atoms. The molecule has 3 heterocycles. The molecule has 0 bridgehead atoms. The third-order valence-corrected chi connectivity index (χ3v) is 5.13. The number of carbonyl (C=O) groups is 1. The summed E-state index contributed by atoms with van der Waals surface area (Å²) in [6, 6.07) is 4.91. The number of oxazole rings is 1. The van der Waals surface area contributed by atoms with Crippen LogP contribution in [0.25, 0.3) is 11.1 Å². The first-order chi connectivity index (χ1) is 13.0. The maximum Gasteiger partial charge on any atom is 0.419 e. The van der Waals surface area contributed by atoms with Crippen LogP contribution in [0.15, 0.2) is 39.8 Å². The summed E-state index contributed by atoms with van der Waals surface area (Å²) in [6.07, 6.45) is 3.81. The minimum Gasteiger partial charge on any atom is -0.408 e. The Kier molecular flexibility index (Phi) is 4.75. The second-order valence-electron chi connectivity index (χ2n) is 6.59. The summed E-state index contributed by atoms with van der Waals surface area (Å²) in [5, 5.41) is 3.81. The van der Waals surface area contributed by atoms with Crippen LogP contribution in [0.1, 0.15) is 18.3 Å². The molecule has 0 saturated carbocycles. The van der Waals surface area contributed by atoms with Crippen molar-refractivity contribution in [2.45, 2.75) is 19.0 Å². The maximum absolute atomic E-state index is 12.9. The minimum atomic E-state index is -0.485. The van der Waals surface area contributed by atoms with E-state index in [0.717, 1.165) is 12.4 Å². The van der Waals surface area contributed by atoms with E-state index in [1.54, 1.807) is 24.4 Å². The standard InChI is InChI=1S/C18H20ClN5O3/c1-22-8-6-21-17(22)14-11-20-5-9-23(14)16(25)4-7-24-13-3-2-12(19)10-15(13)27-18(24)26/h2-3,6,8,10,14,20H,4-5,7,9,11H2,1H3. The second kappa shape index (κ2) is 7.21. The summed E-state index contributed by atoms with van der Waals surface area (Å²) >= 11 is 5.94. The summed E-state index contributed by atoms with van der Waals surface area (Å²) in [4.78, 5) is 31.3. The third-order valence-electron chi connectivity index (χ3n) is 4.90. The SMILES string of the molecule is Cn1ccnc1C1CNCCN1C(=O)CCn1c(=O)oc2cc(Cl)ccc21. The number of amides is 1. The summed E-state index contributed by atoms with van der Waals surface area (Å²) in [7, 11) is 1.92. The van der Waals surface area contributed by atoms with Crippen molar-refractivity contribution < 1.29 is 9.21 Å². The van der Waals surface area contributed by atoms with Gasteiger partial charge in [-0.15, -0.1) is 0 Å². The lowest BCUT2D eigenvalue weighted by Gasteiger charge is -2.35. The largest absolute Gasteiger partial charge is 0.419 e. The molecule has 4 rings (SSSR count). The molecule has 1 amide bonds. The molecule has 1 aliphatic heterocycles. The Morgan fingerprint density at radius 3 is 3.07 bits per heavy atom. The van der Waals surface area contributed by atoms with E-state index in [-0.39, 0.29) is 24.9 Å². The van der Waals surface area contributed by atoms with E-state index in [0.29, 0.717) is 29.2 Å². The van der Waals surface area contributed by atoms with Crippen LogP contribution in [0.5, 0.6) is 0 Å². The van der Waals surface area contributed by atoms with Gasteiger partial charge in [-0.2, -0.15) is 0 Å². The summed E-state index contributed by atoms with van der Waals surface area (Å²) in [5.41, 5.74) is 1.06. The number of hydrogen-bond acceptors (Lipinski definition) is 5. The van der Waals surface area contributed by atoms with E-state index in [4.69, 9.17) is 16.0 Å². The number of fused-ring (bicyclic) bond motifs is 1. The number of nitrogens with one attached hydrogen (secondary N) is 1. The first kappa shape index (κ1) is 17.8. The molecule has 1 atom stereocenters. The van der Waals surface area contributed by atoms with Gasteiger partial charge in [-0.05, 0) is 12.1 Å². The molecule has 27 heavy (non-hydrogen) atoms. The van der Waals surface area contributed by atoms with Crippen molar-refractivity contribution in [1.82, 2.24) is 24.3 Å². The topological polar surface area (TPSA) is 85.3 Å². The normalized spacial score (nSPS) is 17.6. The van der Waals surface area contributed by atoms with Crippen LogP contribution in [0.3, 0.4) is 0 Å². The number of nitrogens with zero attached hydrogens (tertiary/aromatic N) is 4. The van der Waals surface area contributed by atoms with Crippen LogP contribution in [-0.2, 0) is 18.4 Å². The average molecular weight is 390 g/mol. The molecule has 1 saturated heterocycles. The zero-order valence-electron chi connectivity index (χ0n) is 14.9. The number of piperazine rings is 1. The van der Waals surface area contributed by atoms with Gasteiger partial charge in [-0.3, -0.25) is 9.36 Å². The van der Waals surface area contributed by atoms with Gasteiger partial charge in [-0.25, -0.2) is 9.78 Å². The van der Waals surface area contributed by atoms with E-state index in [1.807, 2.05) is 22.7 Å². The molecule has 1 unspecified atom stereocenters. The summed E-state index contributed by atoms with van der Waals surface area (Å²) in [6.45, 7) is 2.25. The number of imidazole rings is 1. The highest BCUT2D eigenvalue weighted by Crippen LogP contribution is 2.22. The van der Waals surface area contributed by atoms with E-state index in [2.05, 4.69) is 10.3 Å². The van der Waals surface area contributed by atoms with Gasteiger partial charge in [-0.1, -0.05) is 11.6 Å². The van der Waals surface area contributed by atoms with Crippen LogP contribution in [0.2, 0.25) is 5.02 Å². The molecular weight excluding hydrogens is 370 g/mol. The van der Waals surface area contributed by atoms with Crippen molar-refractivity contribution in [1.29, 1.82) is 0 Å². The molecule has 1 aromatic carbocycles. The Balaban J connectivity index is 1.53. The lowest BCUT2D eigenvalue weighted by Crippen LogP contribution is -2.49.